The molecule has 0 unspecified atom stereocenters. The van der Waals surface area contributed by atoms with Gasteiger partial charge in [0.15, 0.2) is 0 Å². The van der Waals surface area contributed by atoms with E-state index >= 15 is 0 Å². The summed E-state index contributed by atoms with van der Waals surface area (Å²) in [5.74, 6) is -5.23. The van der Waals surface area contributed by atoms with Crippen LogP contribution in [0.2, 0.25) is 0 Å². The molecule has 2 aliphatic heterocycles. The molecule has 2 aliphatic rings. The standard InChI is InChI=1S/C21H25N3O2.2C2HF3O2/c1-15-19(8-5-11-22-15)23-21(25)17-10-13-26-20-9-12-24(14-18(17)20)16-6-3-2-4-7-16;2*3-2(4,5)1(6)7/h2-8,11,17-18,20H,9-10,12-14H2,1H3,(H,23,25);2*(H,6,7)/t17-,18-,20-;;/m1../s1. The smallest absolute Gasteiger partial charge is 0.475 e. The number of ether oxygens (including phenoxy) is 1. The average molecular weight is 579 g/mol. The maximum absolute atomic E-state index is 13.0. The van der Waals surface area contributed by atoms with E-state index in [2.05, 4.69) is 39.5 Å². The number of para-hydroxylation sites is 1. The molecule has 1 aromatic carbocycles. The van der Waals surface area contributed by atoms with Gasteiger partial charge in [0.05, 0.1) is 17.5 Å². The zero-order chi connectivity index (χ0) is 30.1. The molecule has 9 nitrogen and oxygen atoms in total. The lowest BCUT2D eigenvalue weighted by molar-refractivity contribution is -0.193. The number of nitrogens with zero attached hydrogens (tertiary/aromatic N) is 2. The predicted octanol–water partition coefficient (Wildman–Crippen LogP) is 4.53. The van der Waals surface area contributed by atoms with Gasteiger partial charge in [-0.1, -0.05) is 18.2 Å². The summed E-state index contributed by atoms with van der Waals surface area (Å²) in [6.45, 7) is 4.41. The predicted molar refractivity (Wildman–Crippen MR) is 130 cm³/mol. The summed E-state index contributed by atoms with van der Waals surface area (Å²) in [5, 5.41) is 17.3. The summed E-state index contributed by atoms with van der Waals surface area (Å²) in [6.07, 6.45) is -6.51. The van der Waals surface area contributed by atoms with Gasteiger partial charge in [0.25, 0.3) is 0 Å². The van der Waals surface area contributed by atoms with Crippen molar-refractivity contribution in [1.29, 1.82) is 0 Å². The number of benzene rings is 1. The Hall–Kier alpha value is -3.88. The minimum atomic E-state index is -5.08. The van der Waals surface area contributed by atoms with Crippen LogP contribution in [-0.4, -0.2) is 71.2 Å². The molecule has 1 aromatic heterocycles. The second kappa shape index (κ2) is 14.0. The second-order valence-corrected chi connectivity index (χ2v) is 8.77. The first-order chi connectivity index (χ1) is 18.6. The third-order valence-electron chi connectivity index (χ3n) is 6.08. The van der Waals surface area contributed by atoms with Gasteiger partial charge in [-0.25, -0.2) is 9.59 Å². The number of rotatable bonds is 3. The summed E-state index contributed by atoms with van der Waals surface area (Å²) in [4.78, 5) is 37.4. The summed E-state index contributed by atoms with van der Waals surface area (Å²) in [7, 11) is 0. The number of carboxylic acid groups (broad SMARTS) is 2. The van der Waals surface area contributed by atoms with Crippen LogP contribution in [0.1, 0.15) is 18.5 Å². The molecule has 2 saturated heterocycles. The van der Waals surface area contributed by atoms with E-state index < -0.39 is 24.3 Å². The van der Waals surface area contributed by atoms with Gasteiger partial charge < -0.3 is 25.2 Å². The fourth-order valence-corrected chi connectivity index (χ4v) is 4.15. The summed E-state index contributed by atoms with van der Waals surface area (Å²) in [5.41, 5.74) is 2.87. The Kier molecular flexibility index (Phi) is 11.3. The van der Waals surface area contributed by atoms with Crippen molar-refractivity contribution in [2.45, 2.75) is 38.2 Å². The Morgan fingerprint density at radius 2 is 1.52 bits per heavy atom. The fourth-order valence-electron chi connectivity index (χ4n) is 4.15. The zero-order valence-corrected chi connectivity index (χ0v) is 21.1. The Balaban J connectivity index is 0.000000333. The number of nitrogens with one attached hydrogen (secondary N) is 1. The number of alkyl halides is 6. The number of pyridine rings is 1. The largest absolute Gasteiger partial charge is 0.490 e. The Morgan fingerprint density at radius 3 is 2.05 bits per heavy atom. The van der Waals surface area contributed by atoms with Gasteiger partial charge in [0.2, 0.25) is 5.91 Å². The van der Waals surface area contributed by atoms with Crippen LogP contribution in [-0.2, 0) is 19.1 Å². The van der Waals surface area contributed by atoms with Gasteiger partial charge in [-0.15, -0.1) is 0 Å². The monoisotopic (exact) mass is 579 g/mol. The summed E-state index contributed by atoms with van der Waals surface area (Å²) >= 11 is 0. The van der Waals surface area contributed by atoms with Crippen LogP contribution in [0.4, 0.5) is 37.7 Å². The van der Waals surface area contributed by atoms with Crippen LogP contribution in [0.3, 0.4) is 0 Å². The number of hydrogen-bond acceptors (Lipinski definition) is 6. The van der Waals surface area contributed by atoms with E-state index in [0.29, 0.717) is 6.61 Å². The molecule has 0 radical (unpaired) electrons. The molecule has 2 aromatic rings. The van der Waals surface area contributed by atoms with Crippen LogP contribution >= 0.6 is 0 Å². The number of carbonyl (C=O) groups is 3. The highest BCUT2D eigenvalue weighted by Crippen LogP contribution is 2.35. The zero-order valence-electron chi connectivity index (χ0n) is 21.1. The lowest BCUT2D eigenvalue weighted by Crippen LogP contribution is -2.52. The molecular weight excluding hydrogens is 552 g/mol. The molecule has 4 rings (SSSR count). The van der Waals surface area contributed by atoms with E-state index in [1.807, 2.05) is 25.1 Å². The number of piperidine rings is 1. The van der Waals surface area contributed by atoms with Crippen molar-refractivity contribution in [1.82, 2.24) is 4.98 Å². The van der Waals surface area contributed by atoms with E-state index in [1.54, 1.807) is 6.20 Å². The van der Waals surface area contributed by atoms with Gasteiger partial charge in [0.1, 0.15) is 0 Å². The fraction of sp³-hybridized carbons (Fsp3) is 0.440. The van der Waals surface area contributed by atoms with Crippen molar-refractivity contribution < 1.29 is 55.7 Å². The van der Waals surface area contributed by atoms with Gasteiger partial charge in [-0.05, 0) is 44.0 Å². The molecule has 0 saturated carbocycles. The van der Waals surface area contributed by atoms with Gasteiger partial charge in [-0.2, -0.15) is 26.3 Å². The molecule has 0 aliphatic carbocycles. The van der Waals surface area contributed by atoms with E-state index in [0.717, 1.165) is 37.3 Å². The van der Waals surface area contributed by atoms with Crippen molar-refractivity contribution in [3.63, 3.8) is 0 Å². The second-order valence-electron chi connectivity index (χ2n) is 8.77. The maximum Gasteiger partial charge on any atom is 0.490 e. The van der Waals surface area contributed by atoms with Crippen LogP contribution in [0.15, 0.2) is 48.7 Å². The van der Waals surface area contributed by atoms with Crippen LogP contribution in [0.5, 0.6) is 0 Å². The first-order valence-electron chi connectivity index (χ1n) is 11.9. The van der Waals surface area contributed by atoms with E-state index in [4.69, 9.17) is 24.5 Å². The van der Waals surface area contributed by atoms with Crippen molar-refractivity contribution in [3.05, 3.63) is 54.4 Å². The average Bonchev–Trinajstić information content (AvgIpc) is 2.89. The molecule has 3 N–H and O–H groups in total. The molecule has 1 amide bonds. The lowest BCUT2D eigenvalue weighted by atomic mass is 9.78. The Labute approximate surface area is 224 Å². The minimum Gasteiger partial charge on any atom is -0.475 e. The molecule has 220 valence electrons. The van der Waals surface area contributed by atoms with Crippen molar-refractivity contribution in [3.8, 4) is 0 Å². The maximum atomic E-state index is 13.0. The Morgan fingerprint density at radius 1 is 0.950 bits per heavy atom. The number of amides is 1. The third kappa shape index (κ3) is 9.70. The first-order valence-corrected chi connectivity index (χ1v) is 11.9. The number of anilines is 2. The number of aliphatic carboxylic acids is 2. The molecule has 0 bridgehead atoms. The van der Waals surface area contributed by atoms with Crippen molar-refractivity contribution in [2.75, 3.05) is 29.9 Å². The van der Waals surface area contributed by atoms with Crippen molar-refractivity contribution >= 4 is 29.2 Å². The minimum absolute atomic E-state index is 0.0279. The number of fused-ring (bicyclic) bond motifs is 1. The quantitative estimate of drug-likeness (QED) is 0.453. The lowest BCUT2D eigenvalue weighted by Gasteiger charge is -2.45. The molecule has 3 atom stereocenters. The van der Waals surface area contributed by atoms with Crippen LogP contribution in [0.25, 0.3) is 0 Å². The molecular formula is C25H27F6N3O6. The Bertz CT molecular complexity index is 1120. The molecule has 0 spiro atoms. The van der Waals surface area contributed by atoms with Crippen LogP contribution < -0.4 is 10.2 Å². The van der Waals surface area contributed by atoms with E-state index in [9.17, 15) is 31.1 Å². The number of hydrogen-bond donors (Lipinski definition) is 3. The highest BCUT2D eigenvalue weighted by atomic mass is 19.4. The van der Waals surface area contributed by atoms with Crippen LogP contribution in [0, 0.1) is 18.8 Å². The number of aryl methyl sites for hydroxylation is 1. The molecule has 2 fully saturated rings. The third-order valence-corrected chi connectivity index (χ3v) is 6.08. The van der Waals surface area contributed by atoms with Crippen molar-refractivity contribution in [2.24, 2.45) is 11.8 Å². The SMILES string of the molecule is Cc1ncccc1NC(=O)[C@@H]1CCO[C@@H]2CCN(c3ccccc3)C[C@@H]21.O=C(O)C(F)(F)F.O=C(O)C(F)(F)F. The number of carbonyl (C=O) groups excluding carboxylic acids is 1. The first kappa shape index (κ1) is 32.3. The molecule has 40 heavy (non-hydrogen) atoms. The normalized spacial score (nSPS) is 20.5. The van der Waals surface area contributed by atoms with Gasteiger partial charge in [-0.3, -0.25) is 9.78 Å². The van der Waals surface area contributed by atoms with Gasteiger partial charge in [0, 0.05) is 43.4 Å². The topological polar surface area (TPSA) is 129 Å². The van der Waals surface area contributed by atoms with E-state index in [-0.39, 0.29) is 23.8 Å². The number of halogens is 6. The number of carboxylic acids is 2. The highest BCUT2D eigenvalue weighted by Gasteiger charge is 2.42. The summed E-state index contributed by atoms with van der Waals surface area (Å²) in [6, 6.07) is 14.2. The molecule has 3 heterocycles. The molecule has 15 heteroatoms. The highest BCUT2D eigenvalue weighted by molar-refractivity contribution is 5.93. The number of aromatic nitrogens is 1. The van der Waals surface area contributed by atoms with E-state index in [1.165, 1.54) is 5.69 Å². The summed E-state index contributed by atoms with van der Waals surface area (Å²) < 4.78 is 69.5. The van der Waals surface area contributed by atoms with Gasteiger partial charge >= 0.3 is 24.3 Å².